The summed E-state index contributed by atoms with van der Waals surface area (Å²) >= 11 is 6.10. The fourth-order valence-electron chi connectivity index (χ4n) is 4.61. The average Bonchev–Trinajstić information content (AvgIpc) is 3.81. The number of nitrogens with zero attached hydrogens (tertiary/aromatic N) is 1. The first-order valence-corrected chi connectivity index (χ1v) is 16.1. The molecule has 0 radical (unpaired) electrons. The summed E-state index contributed by atoms with van der Waals surface area (Å²) < 4.78 is 32.8. The normalized spacial score (nSPS) is 13.9. The number of amides is 2. The second-order valence-electron chi connectivity index (χ2n) is 10.5. The van der Waals surface area contributed by atoms with Gasteiger partial charge in [-0.15, -0.1) is 0 Å². The molecule has 2 N–H and O–H groups in total. The number of hydrogen-bond acceptors (Lipinski definition) is 5. The van der Waals surface area contributed by atoms with Crippen LogP contribution in [0.25, 0.3) is 0 Å². The average molecular weight is 612 g/mol. The maximum Gasteiger partial charge on any atom is 0.243 e. The minimum atomic E-state index is -3.55. The number of aryl methyl sites for hydroxylation is 1. The van der Waals surface area contributed by atoms with Crippen molar-refractivity contribution in [2.75, 3.05) is 20.3 Å². The zero-order chi connectivity index (χ0) is 30.0. The molecular weight excluding hydrogens is 574 g/mol. The molecule has 42 heavy (non-hydrogen) atoms. The van der Waals surface area contributed by atoms with Gasteiger partial charge in [-0.2, -0.15) is 0 Å². The zero-order valence-corrected chi connectivity index (χ0v) is 25.4. The van der Waals surface area contributed by atoms with Crippen LogP contribution < -0.4 is 10.0 Å². The number of methoxy groups -OCH3 is 1. The van der Waals surface area contributed by atoms with Gasteiger partial charge in [-0.1, -0.05) is 66.2 Å². The number of hydrogen-bond donors (Lipinski definition) is 2. The predicted octanol–water partition coefficient (Wildman–Crippen LogP) is 4.51. The van der Waals surface area contributed by atoms with Crippen molar-refractivity contribution in [2.45, 2.75) is 62.0 Å². The molecular formula is C32H38ClN3O5S. The lowest BCUT2D eigenvalue weighted by molar-refractivity contribution is -0.141. The van der Waals surface area contributed by atoms with Crippen LogP contribution in [0.4, 0.5) is 0 Å². The van der Waals surface area contributed by atoms with Crippen molar-refractivity contribution in [3.63, 3.8) is 0 Å². The second kappa shape index (κ2) is 15.3. The molecule has 1 atom stereocenters. The summed E-state index contributed by atoms with van der Waals surface area (Å²) in [7, 11) is -1.93. The fourth-order valence-corrected chi connectivity index (χ4v) is 6.04. The lowest BCUT2D eigenvalue weighted by Gasteiger charge is -2.31. The largest absolute Gasteiger partial charge is 0.385 e. The van der Waals surface area contributed by atoms with E-state index < -0.39 is 16.1 Å². The van der Waals surface area contributed by atoms with Crippen LogP contribution >= 0.6 is 11.6 Å². The molecule has 0 aliphatic heterocycles. The topological polar surface area (TPSA) is 105 Å². The monoisotopic (exact) mass is 611 g/mol. The molecule has 0 spiro atoms. The SMILES string of the molecule is COCCCNC(=O)C(Cc1ccccc1)N(Cc1ccc(Cl)cc1)C(=O)CCc1ccc(S(=O)(=O)NC2CC2)cc1. The number of sulfonamides is 1. The lowest BCUT2D eigenvalue weighted by Crippen LogP contribution is -2.50. The van der Waals surface area contributed by atoms with E-state index in [1.807, 2.05) is 42.5 Å². The summed E-state index contributed by atoms with van der Waals surface area (Å²) in [5.74, 6) is -0.403. The summed E-state index contributed by atoms with van der Waals surface area (Å²) in [4.78, 5) is 29.3. The highest BCUT2D eigenvalue weighted by molar-refractivity contribution is 7.89. The summed E-state index contributed by atoms with van der Waals surface area (Å²) in [6.45, 7) is 1.20. The van der Waals surface area contributed by atoms with Crippen molar-refractivity contribution in [1.82, 2.24) is 14.9 Å². The van der Waals surface area contributed by atoms with Crippen molar-refractivity contribution in [1.29, 1.82) is 0 Å². The van der Waals surface area contributed by atoms with Gasteiger partial charge in [0.05, 0.1) is 4.90 Å². The molecule has 0 bridgehead atoms. The van der Waals surface area contributed by atoms with E-state index >= 15 is 0 Å². The third-order valence-corrected chi connectivity index (χ3v) is 8.91. The van der Waals surface area contributed by atoms with Gasteiger partial charge >= 0.3 is 0 Å². The minimum Gasteiger partial charge on any atom is -0.385 e. The third-order valence-electron chi connectivity index (χ3n) is 7.12. The Morgan fingerprint density at radius 1 is 0.952 bits per heavy atom. The van der Waals surface area contributed by atoms with E-state index in [4.69, 9.17) is 16.3 Å². The number of ether oxygens (including phenoxy) is 1. The molecule has 0 saturated heterocycles. The van der Waals surface area contributed by atoms with E-state index in [1.54, 1.807) is 48.4 Å². The Hall–Kier alpha value is -3.24. The number of nitrogens with one attached hydrogen (secondary N) is 2. The van der Waals surface area contributed by atoms with E-state index in [0.29, 0.717) is 37.4 Å². The van der Waals surface area contributed by atoms with Crippen LogP contribution in [-0.2, 0) is 43.7 Å². The summed E-state index contributed by atoms with van der Waals surface area (Å²) in [5, 5.41) is 3.57. The number of halogens is 1. The number of carbonyl (C=O) groups is 2. The highest BCUT2D eigenvalue weighted by Gasteiger charge is 2.30. The van der Waals surface area contributed by atoms with Crippen LogP contribution in [-0.4, -0.2) is 57.5 Å². The first-order chi connectivity index (χ1) is 20.2. The maximum absolute atomic E-state index is 13.8. The van der Waals surface area contributed by atoms with Gasteiger partial charge in [-0.3, -0.25) is 9.59 Å². The number of benzene rings is 3. The van der Waals surface area contributed by atoms with Crippen LogP contribution in [0.15, 0.2) is 83.8 Å². The Kier molecular flexibility index (Phi) is 11.5. The molecule has 10 heteroatoms. The van der Waals surface area contributed by atoms with Crippen molar-refractivity contribution in [3.05, 3.63) is 101 Å². The van der Waals surface area contributed by atoms with Gasteiger partial charge in [-0.25, -0.2) is 13.1 Å². The molecule has 2 amide bonds. The lowest BCUT2D eigenvalue weighted by atomic mass is 10.0. The maximum atomic E-state index is 13.8. The molecule has 224 valence electrons. The Bertz CT molecular complexity index is 1410. The van der Waals surface area contributed by atoms with Crippen LogP contribution in [0.5, 0.6) is 0 Å². The van der Waals surface area contributed by atoms with Crippen molar-refractivity contribution < 1.29 is 22.7 Å². The number of rotatable bonds is 16. The Labute approximate surface area is 253 Å². The quantitative estimate of drug-likeness (QED) is 0.232. The molecule has 3 aromatic carbocycles. The standard InChI is InChI=1S/C32H38ClN3O5S/c1-41-21-5-20-34-32(38)30(22-25-6-3-2-4-7-25)36(23-26-8-13-27(33)14-9-26)31(37)19-12-24-10-17-29(18-11-24)42(39,40)35-28-15-16-28/h2-4,6-11,13-14,17-18,28,30,35H,5,12,15-16,19-23H2,1H3,(H,34,38). The molecule has 3 aromatic rings. The van der Waals surface area contributed by atoms with Crippen molar-refractivity contribution in [3.8, 4) is 0 Å². The third kappa shape index (κ3) is 9.66. The van der Waals surface area contributed by atoms with Crippen molar-refractivity contribution in [2.24, 2.45) is 0 Å². The van der Waals surface area contributed by atoms with Crippen molar-refractivity contribution >= 4 is 33.4 Å². The number of carbonyl (C=O) groups excluding carboxylic acids is 2. The van der Waals surface area contributed by atoms with Gasteiger partial charge in [0.15, 0.2) is 0 Å². The van der Waals surface area contributed by atoms with Crippen LogP contribution in [0, 0.1) is 0 Å². The molecule has 0 heterocycles. The smallest absolute Gasteiger partial charge is 0.243 e. The molecule has 4 rings (SSSR count). The van der Waals surface area contributed by atoms with Gasteiger partial charge < -0.3 is 15.0 Å². The van der Waals surface area contributed by atoms with E-state index in [1.165, 1.54) is 0 Å². The van der Waals surface area contributed by atoms with Gasteiger partial charge in [0, 0.05) is 50.7 Å². The highest BCUT2D eigenvalue weighted by atomic mass is 35.5. The van der Waals surface area contributed by atoms with E-state index in [2.05, 4.69) is 10.0 Å². The fraction of sp³-hybridized carbons (Fsp3) is 0.375. The summed E-state index contributed by atoms with van der Waals surface area (Å²) in [6.07, 6.45) is 3.30. The molecule has 1 fully saturated rings. The molecule has 8 nitrogen and oxygen atoms in total. The molecule has 1 unspecified atom stereocenters. The molecule has 1 aliphatic carbocycles. The highest BCUT2D eigenvalue weighted by Crippen LogP contribution is 2.23. The molecule has 1 aliphatic rings. The zero-order valence-electron chi connectivity index (χ0n) is 23.8. The first kappa shape index (κ1) is 31.7. The van der Waals surface area contributed by atoms with Crippen LogP contribution in [0.3, 0.4) is 0 Å². The Morgan fingerprint density at radius 3 is 2.26 bits per heavy atom. The summed E-state index contributed by atoms with van der Waals surface area (Å²) in [6, 6.07) is 22.8. The van der Waals surface area contributed by atoms with Gasteiger partial charge in [0.25, 0.3) is 0 Å². The van der Waals surface area contributed by atoms with E-state index in [0.717, 1.165) is 29.5 Å². The first-order valence-electron chi connectivity index (χ1n) is 14.2. The minimum absolute atomic E-state index is 0.0277. The van der Waals surface area contributed by atoms with E-state index in [9.17, 15) is 18.0 Å². The van der Waals surface area contributed by atoms with Gasteiger partial charge in [0.2, 0.25) is 21.8 Å². The summed E-state index contributed by atoms with van der Waals surface area (Å²) in [5.41, 5.74) is 2.64. The molecule has 1 saturated carbocycles. The van der Waals surface area contributed by atoms with Gasteiger partial charge in [0.1, 0.15) is 6.04 Å². The second-order valence-corrected chi connectivity index (χ2v) is 12.7. The Balaban J connectivity index is 1.52. The van der Waals surface area contributed by atoms with Gasteiger partial charge in [-0.05, 0) is 66.6 Å². The van der Waals surface area contributed by atoms with E-state index in [-0.39, 0.29) is 35.7 Å². The Morgan fingerprint density at radius 2 is 1.62 bits per heavy atom. The van der Waals surface area contributed by atoms with Crippen LogP contribution in [0.1, 0.15) is 42.4 Å². The predicted molar refractivity (Wildman–Crippen MR) is 164 cm³/mol. The van der Waals surface area contributed by atoms with Crippen LogP contribution in [0.2, 0.25) is 5.02 Å². The molecule has 0 aromatic heterocycles.